The molecule has 0 radical (unpaired) electrons. The van der Waals surface area contributed by atoms with Crippen molar-refractivity contribution in [1.29, 1.82) is 0 Å². The van der Waals surface area contributed by atoms with Crippen LogP contribution in [0.5, 0.6) is 0 Å². The Labute approximate surface area is 142 Å². The summed E-state index contributed by atoms with van der Waals surface area (Å²) in [6, 6.07) is 15.9. The molecule has 0 spiro atoms. The number of nitrogens with zero attached hydrogens (tertiary/aromatic N) is 2. The van der Waals surface area contributed by atoms with Gasteiger partial charge in [-0.2, -0.15) is 9.13 Å². The fourth-order valence-electron chi connectivity index (χ4n) is 3.04. The molecule has 1 aromatic carbocycles. The van der Waals surface area contributed by atoms with E-state index in [1.165, 1.54) is 0 Å². The van der Waals surface area contributed by atoms with Gasteiger partial charge in [0, 0.05) is 33.9 Å². The molecule has 0 aliphatic carbocycles. The Bertz CT molecular complexity index is 975. The average Bonchev–Trinajstić information content (AvgIpc) is 2.56. The Morgan fingerprint density at radius 3 is 2.30 bits per heavy atom. The van der Waals surface area contributed by atoms with Gasteiger partial charge in [0.15, 0.2) is 6.20 Å². The summed E-state index contributed by atoms with van der Waals surface area (Å²) in [5.41, 5.74) is 6.85. The van der Waals surface area contributed by atoms with E-state index in [2.05, 4.69) is 34.3 Å². The predicted octanol–water partition coefficient (Wildman–Crippen LogP) is 3.59. The van der Waals surface area contributed by atoms with E-state index in [9.17, 15) is 0 Å². The standard InChI is InChI=1S/C21H24N2/c1-15-9-10-18(17(3)12-15)20-13-16(2)14-21(23(20)5)19-8-6-7-11-22(19)4/h6-14H,1-5H3/q+2/i1D3. The molecule has 23 heavy (non-hydrogen) atoms. The van der Waals surface area contributed by atoms with Crippen molar-refractivity contribution in [2.75, 3.05) is 0 Å². The number of aryl methyl sites for hydroxylation is 4. The average molecular weight is 307 g/mol. The summed E-state index contributed by atoms with van der Waals surface area (Å²) < 4.78 is 27.1. The minimum atomic E-state index is -2.08. The molecule has 2 nitrogen and oxygen atoms in total. The highest BCUT2D eigenvalue weighted by molar-refractivity contribution is 5.64. The van der Waals surface area contributed by atoms with Gasteiger partial charge in [-0.1, -0.05) is 17.7 Å². The van der Waals surface area contributed by atoms with Crippen LogP contribution in [-0.2, 0) is 14.1 Å². The topological polar surface area (TPSA) is 7.76 Å². The molecular formula is C21H24N2+2. The van der Waals surface area contributed by atoms with Crippen LogP contribution in [-0.4, -0.2) is 0 Å². The Hall–Kier alpha value is -2.48. The fraction of sp³-hybridized carbons (Fsp3) is 0.238. The lowest BCUT2D eigenvalue weighted by Crippen LogP contribution is -2.40. The van der Waals surface area contributed by atoms with Crippen LogP contribution >= 0.6 is 0 Å². The van der Waals surface area contributed by atoms with Crippen molar-refractivity contribution in [3.05, 3.63) is 71.4 Å². The van der Waals surface area contributed by atoms with E-state index in [-0.39, 0.29) is 0 Å². The van der Waals surface area contributed by atoms with E-state index in [1.54, 1.807) is 12.1 Å². The number of aromatic nitrogens is 2. The maximum atomic E-state index is 7.62. The number of benzene rings is 1. The quantitative estimate of drug-likeness (QED) is 0.639. The summed E-state index contributed by atoms with van der Waals surface area (Å²) in [7, 11) is 4.09. The maximum absolute atomic E-state index is 7.62. The van der Waals surface area contributed by atoms with Crippen LogP contribution in [0.3, 0.4) is 0 Å². The largest absolute Gasteiger partial charge is 0.277 e. The van der Waals surface area contributed by atoms with Crippen LogP contribution in [0.15, 0.2) is 54.7 Å². The number of pyridine rings is 2. The zero-order chi connectivity index (χ0) is 19.1. The van der Waals surface area contributed by atoms with Crippen LogP contribution in [0, 0.1) is 20.7 Å². The van der Waals surface area contributed by atoms with Crippen molar-refractivity contribution < 1.29 is 13.2 Å². The van der Waals surface area contributed by atoms with Crippen LogP contribution in [0.2, 0.25) is 0 Å². The van der Waals surface area contributed by atoms with Crippen LogP contribution in [0.4, 0.5) is 0 Å². The zero-order valence-electron chi connectivity index (χ0n) is 17.1. The Morgan fingerprint density at radius 2 is 1.61 bits per heavy atom. The molecule has 0 saturated carbocycles. The normalized spacial score (nSPS) is 13.3. The van der Waals surface area contributed by atoms with Gasteiger partial charge in [0.1, 0.15) is 14.1 Å². The lowest BCUT2D eigenvalue weighted by atomic mass is 10.0. The summed E-state index contributed by atoms with van der Waals surface area (Å²) in [6.45, 7) is 1.97. The predicted molar refractivity (Wildman–Crippen MR) is 93.9 cm³/mol. The van der Waals surface area contributed by atoms with E-state index < -0.39 is 6.85 Å². The third kappa shape index (κ3) is 2.89. The van der Waals surface area contributed by atoms with E-state index >= 15 is 0 Å². The second-order valence-corrected chi connectivity index (χ2v) is 6.09. The Kier molecular flexibility index (Phi) is 3.11. The highest BCUT2D eigenvalue weighted by Crippen LogP contribution is 2.24. The minimum Gasteiger partial charge on any atom is -0.196 e. The smallest absolute Gasteiger partial charge is 0.196 e. The first-order valence-electron chi connectivity index (χ1n) is 9.25. The zero-order valence-corrected chi connectivity index (χ0v) is 14.1. The molecule has 0 N–H and O–H groups in total. The van der Waals surface area contributed by atoms with Crippen LogP contribution in [0.1, 0.15) is 20.8 Å². The highest BCUT2D eigenvalue weighted by Gasteiger charge is 2.23. The van der Waals surface area contributed by atoms with Crippen molar-refractivity contribution in [1.82, 2.24) is 0 Å². The molecule has 2 aromatic heterocycles. The van der Waals surface area contributed by atoms with Crippen molar-refractivity contribution >= 4 is 0 Å². The molecule has 0 bridgehead atoms. The summed E-state index contributed by atoms with van der Waals surface area (Å²) in [4.78, 5) is 0. The van der Waals surface area contributed by atoms with E-state index in [0.29, 0.717) is 5.56 Å². The Balaban J connectivity index is 2.20. The van der Waals surface area contributed by atoms with Gasteiger partial charge < -0.3 is 0 Å². The summed E-state index contributed by atoms with van der Waals surface area (Å²) >= 11 is 0. The van der Waals surface area contributed by atoms with E-state index in [1.807, 2.05) is 45.4 Å². The number of hydrogen-bond acceptors (Lipinski definition) is 0. The first-order chi connectivity index (χ1) is 12.2. The minimum absolute atomic E-state index is 0.378. The third-order valence-corrected chi connectivity index (χ3v) is 4.27. The number of hydrogen-bond donors (Lipinski definition) is 0. The summed E-state index contributed by atoms with van der Waals surface area (Å²) in [5.74, 6) is 0. The molecule has 0 atom stereocenters. The molecular weight excluding hydrogens is 280 g/mol. The third-order valence-electron chi connectivity index (χ3n) is 4.27. The molecule has 0 unspecified atom stereocenters. The second kappa shape index (κ2) is 5.96. The molecule has 0 aliphatic heterocycles. The van der Waals surface area contributed by atoms with Gasteiger partial charge >= 0.3 is 0 Å². The molecule has 3 rings (SSSR count). The molecule has 0 aliphatic rings. The van der Waals surface area contributed by atoms with Gasteiger partial charge in [-0.05, 0) is 44.0 Å². The van der Waals surface area contributed by atoms with Crippen LogP contribution < -0.4 is 9.13 Å². The molecule has 2 heterocycles. The lowest BCUT2D eigenvalue weighted by molar-refractivity contribution is -0.685. The number of rotatable bonds is 2. The lowest BCUT2D eigenvalue weighted by Gasteiger charge is -2.09. The van der Waals surface area contributed by atoms with Gasteiger partial charge in [-0.3, -0.25) is 0 Å². The molecule has 0 fully saturated rings. The fourth-order valence-corrected chi connectivity index (χ4v) is 3.04. The monoisotopic (exact) mass is 307 g/mol. The summed E-state index contributed by atoms with van der Waals surface area (Å²) in [5, 5.41) is 0. The van der Waals surface area contributed by atoms with Crippen molar-refractivity contribution in [2.45, 2.75) is 20.7 Å². The van der Waals surface area contributed by atoms with Gasteiger partial charge in [-0.25, -0.2) is 0 Å². The van der Waals surface area contributed by atoms with Gasteiger partial charge in [0.2, 0.25) is 5.69 Å². The van der Waals surface area contributed by atoms with E-state index in [4.69, 9.17) is 4.11 Å². The maximum Gasteiger partial charge on any atom is 0.277 e. The van der Waals surface area contributed by atoms with Crippen molar-refractivity contribution in [2.24, 2.45) is 14.1 Å². The highest BCUT2D eigenvalue weighted by atomic mass is 15.0. The Morgan fingerprint density at radius 1 is 0.826 bits per heavy atom. The van der Waals surface area contributed by atoms with Crippen LogP contribution in [0.25, 0.3) is 22.6 Å². The molecule has 2 heteroatoms. The molecule has 0 saturated heterocycles. The van der Waals surface area contributed by atoms with Gasteiger partial charge in [-0.15, -0.1) is 0 Å². The SMILES string of the molecule is [2H]C([2H])([2H])c1ccc(-c2cc(C)cc(-c3cccc[n+]3C)[n+]2C)c(C)c1. The first kappa shape index (κ1) is 12.0. The van der Waals surface area contributed by atoms with Gasteiger partial charge in [0.05, 0.1) is 0 Å². The van der Waals surface area contributed by atoms with Crippen molar-refractivity contribution in [3.63, 3.8) is 0 Å². The molecule has 0 amide bonds. The molecule has 3 aromatic rings. The first-order valence-corrected chi connectivity index (χ1v) is 7.75. The van der Waals surface area contributed by atoms with Gasteiger partial charge in [0.25, 0.3) is 11.4 Å². The summed E-state index contributed by atoms with van der Waals surface area (Å²) in [6.07, 6.45) is 2.04. The van der Waals surface area contributed by atoms with E-state index in [0.717, 1.165) is 33.8 Å². The second-order valence-electron chi connectivity index (χ2n) is 6.09. The van der Waals surface area contributed by atoms with Crippen molar-refractivity contribution in [3.8, 4) is 22.6 Å². The molecule has 116 valence electrons.